The maximum absolute atomic E-state index is 13.3. The molecule has 1 heterocycles. The number of sulfonamides is 1. The van der Waals surface area contributed by atoms with Gasteiger partial charge in [-0.3, -0.25) is 14.4 Å². The van der Waals surface area contributed by atoms with Crippen molar-refractivity contribution >= 4 is 45.0 Å². The number of hydrogen-bond acceptors (Lipinski definition) is 5. The highest BCUT2D eigenvalue weighted by atomic mass is 35.5. The van der Waals surface area contributed by atoms with E-state index in [1.165, 1.54) is 29.2 Å². The van der Waals surface area contributed by atoms with Gasteiger partial charge in [-0.1, -0.05) is 44.5 Å². The Balaban J connectivity index is 1.87. The fourth-order valence-corrected chi connectivity index (χ4v) is 4.60. The number of primary sulfonamides is 1. The molecule has 0 aliphatic carbocycles. The number of carbonyl (C=O) groups excluding carboxylic acids is 3. The lowest BCUT2D eigenvalue weighted by atomic mass is 9.91. The molecular weight excluding hydrogens is 478 g/mol. The number of benzene rings is 2. The van der Waals surface area contributed by atoms with Crippen LogP contribution in [0.5, 0.6) is 0 Å². The second-order valence-electron chi connectivity index (χ2n) is 9.53. The summed E-state index contributed by atoms with van der Waals surface area (Å²) in [6, 6.07) is 11.5. The van der Waals surface area contributed by atoms with Crippen LogP contribution in [-0.2, 0) is 30.8 Å². The standard InChI is InChI=1S/C24H28ClN3O5S/c1-24(2,3)15-22(30)27(12-11-16-5-4-6-17(25)13-16)20-14-21(29)28(23(20)31)18-7-9-19(10-8-18)34(26,32)33/h4-10,13,20H,11-12,14-15H2,1-3H3,(H2,26,32,33). The molecule has 2 aromatic carbocycles. The van der Waals surface area contributed by atoms with E-state index in [9.17, 15) is 22.8 Å². The van der Waals surface area contributed by atoms with E-state index in [0.29, 0.717) is 11.4 Å². The molecular formula is C24H28ClN3O5S. The molecule has 0 bridgehead atoms. The average Bonchev–Trinajstić information content (AvgIpc) is 3.00. The summed E-state index contributed by atoms with van der Waals surface area (Å²) in [6.45, 7) is 6.04. The average molecular weight is 506 g/mol. The zero-order valence-corrected chi connectivity index (χ0v) is 20.9. The Hall–Kier alpha value is -2.75. The van der Waals surface area contributed by atoms with Crippen molar-refractivity contribution in [3.8, 4) is 0 Å². The largest absolute Gasteiger partial charge is 0.330 e. The summed E-state index contributed by atoms with van der Waals surface area (Å²) in [4.78, 5) is 41.7. The Bertz CT molecular complexity index is 1210. The molecule has 1 unspecified atom stereocenters. The van der Waals surface area contributed by atoms with Crippen LogP contribution in [0.4, 0.5) is 5.69 Å². The maximum Gasteiger partial charge on any atom is 0.257 e. The third-order valence-corrected chi connectivity index (χ3v) is 6.62. The van der Waals surface area contributed by atoms with Crippen molar-refractivity contribution in [1.82, 2.24) is 4.90 Å². The first-order valence-electron chi connectivity index (χ1n) is 10.8. The molecule has 3 amide bonds. The molecule has 0 spiro atoms. The van der Waals surface area contributed by atoms with Gasteiger partial charge in [0, 0.05) is 18.0 Å². The predicted octanol–water partition coefficient (Wildman–Crippen LogP) is 3.13. The second-order valence-corrected chi connectivity index (χ2v) is 11.5. The molecule has 1 saturated heterocycles. The van der Waals surface area contributed by atoms with E-state index in [0.717, 1.165) is 10.5 Å². The lowest BCUT2D eigenvalue weighted by Crippen LogP contribution is -2.47. The van der Waals surface area contributed by atoms with Gasteiger partial charge in [-0.05, 0) is 53.8 Å². The molecule has 0 saturated carbocycles. The summed E-state index contributed by atoms with van der Waals surface area (Å²) in [5, 5.41) is 5.70. The molecule has 182 valence electrons. The van der Waals surface area contributed by atoms with Gasteiger partial charge in [0.1, 0.15) is 6.04 Å². The van der Waals surface area contributed by atoms with Crippen molar-refractivity contribution in [2.45, 2.75) is 51.0 Å². The monoisotopic (exact) mass is 505 g/mol. The van der Waals surface area contributed by atoms with Crippen molar-refractivity contribution in [3.63, 3.8) is 0 Å². The molecule has 8 nitrogen and oxygen atoms in total. The fourth-order valence-electron chi connectivity index (χ4n) is 3.87. The van der Waals surface area contributed by atoms with E-state index in [4.69, 9.17) is 16.7 Å². The van der Waals surface area contributed by atoms with Crippen LogP contribution in [0.2, 0.25) is 5.02 Å². The van der Waals surface area contributed by atoms with Gasteiger partial charge in [0.2, 0.25) is 21.8 Å². The van der Waals surface area contributed by atoms with E-state index in [-0.39, 0.29) is 41.3 Å². The zero-order valence-electron chi connectivity index (χ0n) is 19.3. The van der Waals surface area contributed by atoms with Crippen LogP contribution in [-0.4, -0.2) is 43.6 Å². The van der Waals surface area contributed by atoms with E-state index in [1.54, 1.807) is 12.1 Å². The summed E-state index contributed by atoms with van der Waals surface area (Å²) in [5.74, 6) is -1.21. The zero-order chi connectivity index (χ0) is 25.3. The first-order valence-corrected chi connectivity index (χ1v) is 12.7. The van der Waals surface area contributed by atoms with Crippen LogP contribution in [0, 0.1) is 5.41 Å². The molecule has 3 rings (SSSR count). The van der Waals surface area contributed by atoms with E-state index < -0.39 is 27.9 Å². The number of hydrogen-bond donors (Lipinski definition) is 1. The first-order chi connectivity index (χ1) is 15.8. The van der Waals surface area contributed by atoms with Crippen LogP contribution < -0.4 is 10.0 Å². The van der Waals surface area contributed by atoms with Gasteiger partial charge in [-0.2, -0.15) is 0 Å². The Morgan fingerprint density at radius 3 is 2.35 bits per heavy atom. The number of rotatable bonds is 7. The number of imide groups is 1. The summed E-state index contributed by atoms with van der Waals surface area (Å²) in [6.07, 6.45) is 0.530. The number of halogens is 1. The number of amides is 3. The highest BCUT2D eigenvalue weighted by molar-refractivity contribution is 7.89. The first kappa shape index (κ1) is 25.9. The van der Waals surface area contributed by atoms with Crippen molar-refractivity contribution in [3.05, 3.63) is 59.1 Å². The molecule has 1 aliphatic heterocycles. The minimum absolute atomic E-state index is 0.129. The van der Waals surface area contributed by atoms with Gasteiger partial charge in [0.25, 0.3) is 5.91 Å². The van der Waals surface area contributed by atoms with E-state index in [2.05, 4.69) is 0 Å². The molecule has 0 aromatic heterocycles. The highest BCUT2D eigenvalue weighted by Gasteiger charge is 2.44. The molecule has 2 aromatic rings. The van der Waals surface area contributed by atoms with Gasteiger partial charge in [-0.25, -0.2) is 18.5 Å². The van der Waals surface area contributed by atoms with Gasteiger partial charge in [0.05, 0.1) is 17.0 Å². The summed E-state index contributed by atoms with van der Waals surface area (Å²) in [7, 11) is -3.91. The van der Waals surface area contributed by atoms with Gasteiger partial charge < -0.3 is 4.90 Å². The molecule has 0 radical (unpaired) electrons. The van der Waals surface area contributed by atoms with Crippen molar-refractivity contribution < 1.29 is 22.8 Å². The Labute approximate surface area is 204 Å². The number of anilines is 1. The topological polar surface area (TPSA) is 118 Å². The third kappa shape index (κ3) is 6.22. The van der Waals surface area contributed by atoms with E-state index in [1.807, 2.05) is 32.9 Å². The van der Waals surface area contributed by atoms with Gasteiger partial charge >= 0.3 is 0 Å². The van der Waals surface area contributed by atoms with Gasteiger partial charge in [0.15, 0.2) is 0 Å². The normalized spacial score (nSPS) is 16.7. The molecule has 1 aliphatic rings. The molecule has 1 atom stereocenters. The number of nitrogens with zero attached hydrogens (tertiary/aromatic N) is 2. The Morgan fingerprint density at radius 2 is 1.79 bits per heavy atom. The SMILES string of the molecule is CC(C)(C)CC(=O)N(CCc1cccc(Cl)c1)C1CC(=O)N(c2ccc(S(N)(=O)=O)cc2)C1=O. The van der Waals surface area contributed by atoms with Crippen LogP contribution in [0.1, 0.15) is 39.2 Å². The third-order valence-electron chi connectivity index (χ3n) is 5.45. The molecule has 10 heteroatoms. The van der Waals surface area contributed by atoms with E-state index >= 15 is 0 Å². The lowest BCUT2D eigenvalue weighted by Gasteiger charge is -2.30. The minimum Gasteiger partial charge on any atom is -0.330 e. The molecule has 2 N–H and O–H groups in total. The highest BCUT2D eigenvalue weighted by Crippen LogP contribution is 2.29. The van der Waals surface area contributed by atoms with Crippen molar-refractivity contribution in [2.24, 2.45) is 10.6 Å². The Morgan fingerprint density at radius 1 is 1.15 bits per heavy atom. The Kier molecular flexibility index (Phi) is 7.50. The van der Waals surface area contributed by atoms with Crippen LogP contribution in [0.3, 0.4) is 0 Å². The molecule has 1 fully saturated rings. The number of carbonyl (C=O) groups is 3. The quantitative estimate of drug-likeness (QED) is 0.580. The molecule has 34 heavy (non-hydrogen) atoms. The van der Waals surface area contributed by atoms with Crippen molar-refractivity contribution in [2.75, 3.05) is 11.4 Å². The fraction of sp³-hybridized carbons (Fsp3) is 0.375. The predicted molar refractivity (Wildman–Crippen MR) is 130 cm³/mol. The lowest BCUT2D eigenvalue weighted by molar-refractivity contribution is -0.139. The summed E-state index contributed by atoms with van der Waals surface area (Å²) >= 11 is 6.07. The summed E-state index contributed by atoms with van der Waals surface area (Å²) < 4.78 is 23.0. The van der Waals surface area contributed by atoms with Crippen molar-refractivity contribution in [1.29, 1.82) is 0 Å². The van der Waals surface area contributed by atoms with Crippen LogP contribution >= 0.6 is 11.6 Å². The number of nitrogens with two attached hydrogens (primary N) is 1. The van der Waals surface area contributed by atoms with Crippen LogP contribution in [0.15, 0.2) is 53.4 Å². The summed E-state index contributed by atoms with van der Waals surface area (Å²) in [5.41, 5.74) is 0.830. The second kappa shape index (κ2) is 9.85. The van der Waals surface area contributed by atoms with Crippen LogP contribution in [0.25, 0.3) is 0 Å². The van der Waals surface area contributed by atoms with Gasteiger partial charge in [-0.15, -0.1) is 0 Å². The smallest absolute Gasteiger partial charge is 0.257 e. The minimum atomic E-state index is -3.91. The maximum atomic E-state index is 13.3.